The van der Waals surface area contributed by atoms with E-state index in [0.29, 0.717) is 5.57 Å². The number of hydrogen-bond acceptors (Lipinski definition) is 2. The van der Waals surface area contributed by atoms with E-state index in [0.717, 1.165) is 25.2 Å². The van der Waals surface area contributed by atoms with Crippen LogP contribution in [0.3, 0.4) is 0 Å². The minimum absolute atomic E-state index is 0.112. The van der Waals surface area contributed by atoms with Crippen molar-refractivity contribution < 1.29 is 9.53 Å². The van der Waals surface area contributed by atoms with E-state index in [1.165, 1.54) is 12.8 Å². The van der Waals surface area contributed by atoms with Crippen LogP contribution in [-0.4, -0.2) is 11.6 Å². The Bertz CT molecular complexity index is 283. The molecule has 2 saturated carbocycles. The van der Waals surface area contributed by atoms with Gasteiger partial charge in [0.1, 0.15) is 5.60 Å². The van der Waals surface area contributed by atoms with Gasteiger partial charge in [-0.2, -0.15) is 0 Å². The predicted octanol–water partition coefficient (Wildman–Crippen LogP) is 3.07. The summed E-state index contributed by atoms with van der Waals surface area (Å²) in [5, 5.41) is 0. The smallest absolute Gasteiger partial charge is 0.334 e. The monoisotopic (exact) mass is 208 g/mol. The Morgan fingerprint density at radius 1 is 1.40 bits per heavy atom. The molecule has 0 spiro atoms. The molecule has 0 aliphatic heterocycles. The molecule has 2 heteroatoms. The second-order valence-corrected chi connectivity index (χ2v) is 5.40. The number of fused-ring (bicyclic) bond motifs is 2. The van der Waals surface area contributed by atoms with Gasteiger partial charge in [0.15, 0.2) is 0 Å². The zero-order valence-electron chi connectivity index (χ0n) is 9.71. The molecule has 2 aliphatic carbocycles. The summed E-state index contributed by atoms with van der Waals surface area (Å²) in [5.74, 6) is 0.824. The molecule has 2 nitrogen and oxygen atoms in total. The van der Waals surface area contributed by atoms with Crippen LogP contribution in [0, 0.1) is 11.8 Å². The van der Waals surface area contributed by atoms with E-state index in [9.17, 15) is 4.79 Å². The molecule has 0 aromatic rings. The minimum atomic E-state index is -0.174. The van der Waals surface area contributed by atoms with Gasteiger partial charge in [0.25, 0.3) is 0 Å². The van der Waals surface area contributed by atoms with E-state index in [2.05, 4.69) is 6.58 Å². The van der Waals surface area contributed by atoms with Crippen LogP contribution in [0.4, 0.5) is 0 Å². The Morgan fingerprint density at radius 3 is 2.40 bits per heavy atom. The van der Waals surface area contributed by atoms with Gasteiger partial charge in [-0.05, 0) is 43.9 Å². The lowest BCUT2D eigenvalue weighted by atomic mass is 9.96. The number of rotatable bonds is 3. The van der Waals surface area contributed by atoms with Gasteiger partial charge in [-0.15, -0.1) is 0 Å². The molecule has 0 aromatic heterocycles. The second kappa shape index (κ2) is 3.66. The normalized spacial score (nSPS) is 33.4. The lowest BCUT2D eigenvalue weighted by molar-refractivity contribution is -0.154. The molecule has 0 aromatic carbocycles. The zero-order valence-corrected chi connectivity index (χ0v) is 9.71. The van der Waals surface area contributed by atoms with Gasteiger partial charge in [0.2, 0.25) is 0 Å². The van der Waals surface area contributed by atoms with Crippen molar-refractivity contribution >= 4 is 5.97 Å². The van der Waals surface area contributed by atoms with Gasteiger partial charge in [-0.1, -0.05) is 20.4 Å². The molecule has 0 saturated heterocycles. The lowest BCUT2D eigenvalue weighted by Crippen LogP contribution is -2.31. The van der Waals surface area contributed by atoms with Crippen LogP contribution in [0.25, 0.3) is 0 Å². The number of carbonyl (C=O) groups excluding carboxylic acids is 1. The summed E-state index contributed by atoms with van der Waals surface area (Å²) in [5.41, 5.74) is 0.499. The zero-order chi connectivity index (χ0) is 11.1. The highest BCUT2D eigenvalue weighted by Crippen LogP contribution is 2.50. The highest BCUT2D eigenvalue weighted by atomic mass is 16.6. The van der Waals surface area contributed by atoms with Gasteiger partial charge < -0.3 is 4.74 Å². The Morgan fingerprint density at radius 2 is 2.00 bits per heavy atom. The third-order valence-corrected chi connectivity index (χ3v) is 3.95. The third-order valence-electron chi connectivity index (χ3n) is 3.95. The number of ether oxygens (including phenoxy) is 1. The molecular weight excluding hydrogens is 188 g/mol. The fraction of sp³-hybridized carbons (Fsp3) is 0.769. The van der Waals surface area contributed by atoms with Crippen LogP contribution in [0.1, 0.15) is 46.0 Å². The second-order valence-electron chi connectivity index (χ2n) is 5.40. The van der Waals surface area contributed by atoms with Crippen molar-refractivity contribution in [1.82, 2.24) is 0 Å². The van der Waals surface area contributed by atoms with Crippen LogP contribution >= 0.6 is 0 Å². The van der Waals surface area contributed by atoms with E-state index in [4.69, 9.17) is 4.74 Å². The summed E-state index contributed by atoms with van der Waals surface area (Å²) in [6.45, 7) is 7.76. The molecule has 0 radical (unpaired) electrons. The number of carbonyl (C=O) groups is 1. The van der Waals surface area contributed by atoms with Crippen molar-refractivity contribution in [3.8, 4) is 0 Å². The molecule has 2 aliphatic rings. The Kier molecular flexibility index (Phi) is 2.61. The summed E-state index contributed by atoms with van der Waals surface area (Å²) in [6.07, 6.45) is 5.69. The SMILES string of the molecule is C=C(C(=O)OC12CCC(CC1)C2)C(C)C. The van der Waals surface area contributed by atoms with Crippen molar-refractivity contribution in [3.05, 3.63) is 12.2 Å². The first kappa shape index (κ1) is 10.7. The van der Waals surface area contributed by atoms with Crippen LogP contribution < -0.4 is 0 Å². The molecule has 0 unspecified atom stereocenters. The predicted molar refractivity (Wildman–Crippen MR) is 59.4 cm³/mol. The Balaban J connectivity index is 1.97. The highest BCUT2D eigenvalue weighted by Gasteiger charge is 2.47. The van der Waals surface area contributed by atoms with Gasteiger partial charge in [0.05, 0.1) is 0 Å². The number of esters is 1. The maximum Gasteiger partial charge on any atom is 0.334 e. The topological polar surface area (TPSA) is 26.3 Å². The molecule has 0 atom stereocenters. The van der Waals surface area contributed by atoms with Crippen LogP contribution in [-0.2, 0) is 9.53 Å². The maximum atomic E-state index is 11.8. The largest absolute Gasteiger partial charge is 0.456 e. The summed E-state index contributed by atoms with van der Waals surface area (Å²) in [6, 6.07) is 0. The van der Waals surface area contributed by atoms with Crippen LogP contribution in [0.5, 0.6) is 0 Å². The van der Waals surface area contributed by atoms with Gasteiger partial charge in [0, 0.05) is 5.57 Å². The van der Waals surface area contributed by atoms with E-state index in [1.54, 1.807) is 0 Å². The van der Waals surface area contributed by atoms with Crippen LogP contribution in [0.15, 0.2) is 12.2 Å². The molecule has 15 heavy (non-hydrogen) atoms. The van der Waals surface area contributed by atoms with Crippen molar-refractivity contribution in [1.29, 1.82) is 0 Å². The molecule has 0 N–H and O–H groups in total. The maximum absolute atomic E-state index is 11.8. The molecular formula is C13H20O2. The van der Waals surface area contributed by atoms with E-state index < -0.39 is 0 Å². The summed E-state index contributed by atoms with van der Waals surface area (Å²) in [7, 11) is 0. The van der Waals surface area contributed by atoms with Gasteiger partial charge >= 0.3 is 5.97 Å². The fourth-order valence-corrected chi connectivity index (χ4v) is 2.78. The van der Waals surface area contributed by atoms with E-state index in [-0.39, 0.29) is 17.5 Å². The number of hydrogen-bond donors (Lipinski definition) is 0. The summed E-state index contributed by atoms with van der Waals surface area (Å²) in [4.78, 5) is 11.8. The summed E-state index contributed by atoms with van der Waals surface area (Å²) < 4.78 is 5.67. The van der Waals surface area contributed by atoms with Crippen molar-refractivity contribution in [2.24, 2.45) is 11.8 Å². The minimum Gasteiger partial charge on any atom is -0.456 e. The average Bonchev–Trinajstić information content (AvgIpc) is 2.75. The molecule has 2 bridgehead atoms. The standard InChI is InChI=1S/C13H20O2/c1-9(2)10(3)12(14)15-13-6-4-11(8-13)5-7-13/h9,11H,3-8H2,1-2H3. The van der Waals surface area contributed by atoms with E-state index in [1.807, 2.05) is 13.8 Å². The first-order valence-electron chi connectivity index (χ1n) is 5.94. The van der Waals surface area contributed by atoms with E-state index >= 15 is 0 Å². The Hall–Kier alpha value is -0.790. The fourth-order valence-electron chi connectivity index (χ4n) is 2.78. The van der Waals surface area contributed by atoms with Crippen molar-refractivity contribution in [3.63, 3.8) is 0 Å². The quantitative estimate of drug-likeness (QED) is 0.526. The molecule has 2 rings (SSSR count). The summed E-state index contributed by atoms with van der Waals surface area (Å²) >= 11 is 0. The van der Waals surface area contributed by atoms with Gasteiger partial charge in [-0.25, -0.2) is 4.79 Å². The third kappa shape index (κ3) is 1.95. The molecule has 0 amide bonds. The first-order valence-corrected chi connectivity index (χ1v) is 5.94. The van der Waals surface area contributed by atoms with Gasteiger partial charge in [-0.3, -0.25) is 0 Å². The Labute approximate surface area is 91.7 Å². The molecule has 84 valence electrons. The molecule has 0 heterocycles. The van der Waals surface area contributed by atoms with Crippen LogP contribution in [0.2, 0.25) is 0 Å². The lowest BCUT2D eigenvalue weighted by Gasteiger charge is -2.27. The highest BCUT2D eigenvalue weighted by molar-refractivity contribution is 5.88. The first-order chi connectivity index (χ1) is 7.02. The molecule has 2 fully saturated rings. The average molecular weight is 208 g/mol. The van der Waals surface area contributed by atoms with Crippen molar-refractivity contribution in [2.45, 2.75) is 51.6 Å². The van der Waals surface area contributed by atoms with Crippen molar-refractivity contribution in [2.75, 3.05) is 0 Å².